The number of hydrogen-bond donors (Lipinski definition) is 2. The van der Waals surface area contributed by atoms with Gasteiger partial charge in [-0.15, -0.1) is 0 Å². The van der Waals surface area contributed by atoms with E-state index in [9.17, 15) is 13.2 Å². The molecule has 0 fully saturated rings. The second kappa shape index (κ2) is 8.75. The summed E-state index contributed by atoms with van der Waals surface area (Å²) in [6, 6.07) is 0. The van der Waals surface area contributed by atoms with E-state index in [1.54, 1.807) is 6.92 Å². The van der Waals surface area contributed by atoms with Gasteiger partial charge in [-0.05, 0) is 13.3 Å². The first-order valence-electron chi connectivity index (χ1n) is 6.80. The van der Waals surface area contributed by atoms with E-state index >= 15 is 0 Å². The molecule has 0 atom stereocenters. The van der Waals surface area contributed by atoms with Gasteiger partial charge in [0.05, 0.1) is 19.4 Å². The van der Waals surface area contributed by atoms with Crippen LogP contribution in [0.15, 0.2) is 11.2 Å². The average molecular weight is 319 g/mol. The molecule has 0 unspecified atom stereocenters. The van der Waals surface area contributed by atoms with Crippen LogP contribution in [0.3, 0.4) is 0 Å². The van der Waals surface area contributed by atoms with Crippen molar-refractivity contribution in [2.45, 2.75) is 31.7 Å². The minimum Gasteiger partial charge on any atom is -0.462 e. The topological polar surface area (TPSA) is 110 Å². The molecule has 0 aliphatic heterocycles. The van der Waals surface area contributed by atoms with Gasteiger partial charge < -0.3 is 9.47 Å². The van der Waals surface area contributed by atoms with Crippen molar-refractivity contribution >= 4 is 16.0 Å². The molecule has 0 amide bonds. The highest BCUT2D eigenvalue weighted by atomic mass is 32.2. The lowest BCUT2D eigenvalue weighted by molar-refractivity contribution is 0.0522. The van der Waals surface area contributed by atoms with E-state index in [4.69, 9.17) is 9.47 Å². The summed E-state index contributed by atoms with van der Waals surface area (Å²) in [5, 5.41) is 5.59. The van der Waals surface area contributed by atoms with Crippen LogP contribution in [0.2, 0.25) is 0 Å². The summed E-state index contributed by atoms with van der Waals surface area (Å²) in [6.45, 7) is 4.81. The molecule has 0 radical (unpaired) electrons. The summed E-state index contributed by atoms with van der Waals surface area (Å²) in [4.78, 5) is 11.6. The predicted molar refractivity (Wildman–Crippen MR) is 75.5 cm³/mol. The van der Waals surface area contributed by atoms with Gasteiger partial charge in [-0.3, -0.25) is 5.10 Å². The van der Waals surface area contributed by atoms with Crippen LogP contribution < -0.4 is 4.72 Å². The van der Waals surface area contributed by atoms with Crippen LogP contribution in [0.1, 0.15) is 37.0 Å². The third-order valence-electron chi connectivity index (χ3n) is 2.55. The van der Waals surface area contributed by atoms with Gasteiger partial charge >= 0.3 is 5.97 Å². The molecular weight excluding hydrogens is 298 g/mol. The molecule has 0 saturated carbocycles. The molecule has 0 aliphatic rings. The van der Waals surface area contributed by atoms with Crippen molar-refractivity contribution in [1.29, 1.82) is 0 Å². The number of ether oxygens (including phenoxy) is 2. The normalized spacial score (nSPS) is 11.5. The highest BCUT2D eigenvalue weighted by molar-refractivity contribution is 7.89. The first-order chi connectivity index (χ1) is 10.0. The molecule has 1 heterocycles. The van der Waals surface area contributed by atoms with E-state index in [-0.39, 0.29) is 30.3 Å². The lowest BCUT2D eigenvalue weighted by atomic mass is 10.4. The van der Waals surface area contributed by atoms with Gasteiger partial charge in [0.2, 0.25) is 0 Å². The highest BCUT2D eigenvalue weighted by Gasteiger charge is 2.25. The van der Waals surface area contributed by atoms with Crippen molar-refractivity contribution in [3.8, 4) is 0 Å². The van der Waals surface area contributed by atoms with Gasteiger partial charge in [-0.25, -0.2) is 17.9 Å². The number of carbonyl (C=O) groups excluding carboxylic acids is 1. The molecule has 1 aromatic heterocycles. The molecule has 2 N–H and O–H groups in total. The number of hydrogen-bond acceptors (Lipinski definition) is 6. The second-order valence-electron chi connectivity index (χ2n) is 4.20. The Morgan fingerprint density at radius 1 is 1.38 bits per heavy atom. The van der Waals surface area contributed by atoms with E-state index in [0.717, 1.165) is 19.0 Å². The van der Waals surface area contributed by atoms with Crippen molar-refractivity contribution in [1.82, 2.24) is 14.9 Å². The van der Waals surface area contributed by atoms with Crippen molar-refractivity contribution in [3.05, 3.63) is 11.8 Å². The molecule has 0 bridgehead atoms. The molecular formula is C12H21N3O5S. The van der Waals surface area contributed by atoms with Crippen molar-refractivity contribution in [2.24, 2.45) is 0 Å². The van der Waals surface area contributed by atoms with Crippen LogP contribution in [0.4, 0.5) is 0 Å². The first-order valence-corrected chi connectivity index (χ1v) is 8.29. The molecule has 21 heavy (non-hydrogen) atoms. The molecule has 0 saturated heterocycles. The van der Waals surface area contributed by atoms with Gasteiger partial charge in [-0.1, -0.05) is 13.3 Å². The van der Waals surface area contributed by atoms with Crippen LogP contribution in [-0.2, 0) is 19.5 Å². The van der Waals surface area contributed by atoms with Crippen LogP contribution in [0.5, 0.6) is 0 Å². The molecule has 1 rings (SSSR count). The Hall–Kier alpha value is -1.45. The summed E-state index contributed by atoms with van der Waals surface area (Å²) in [6.07, 6.45) is 3.08. The number of rotatable bonds is 10. The van der Waals surface area contributed by atoms with Gasteiger partial charge in [-0.2, -0.15) is 5.10 Å². The fourth-order valence-electron chi connectivity index (χ4n) is 1.50. The number of sulfonamides is 1. The minimum absolute atomic E-state index is 0.115. The van der Waals surface area contributed by atoms with Crippen LogP contribution >= 0.6 is 0 Å². The van der Waals surface area contributed by atoms with Gasteiger partial charge in [0.1, 0.15) is 5.56 Å². The number of carbonyl (C=O) groups is 1. The molecule has 0 aromatic carbocycles. The Bertz CT molecular complexity index is 541. The maximum Gasteiger partial charge on any atom is 0.342 e. The van der Waals surface area contributed by atoms with Gasteiger partial charge in [0.25, 0.3) is 10.0 Å². The third-order valence-corrected chi connectivity index (χ3v) is 3.98. The number of esters is 1. The highest BCUT2D eigenvalue weighted by Crippen LogP contribution is 2.12. The summed E-state index contributed by atoms with van der Waals surface area (Å²) in [7, 11) is -3.85. The number of aromatic nitrogens is 2. The minimum atomic E-state index is -3.85. The third kappa shape index (κ3) is 5.44. The second-order valence-corrected chi connectivity index (χ2v) is 5.90. The zero-order chi connectivity index (χ0) is 15.7. The molecule has 120 valence electrons. The van der Waals surface area contributed by atoms with Gasteiger partial charge in [0, 0.05) is 13.2 Å². The smallest absolute Gasteiger partial charge is 0.342 e. The van der Waals surface area contributed by atoms with E-state index in [1.165, 1.54) is 0 Å². The van der Waals surface area contributed by atoms with Crippen molar-refractivity contribution in [3.63, 3.8) is 0 Å². The summed E-state index contributed by atoms with van der Waals surface area (Å²) in [5.41, 5.74) is -0.115. The Morgan fingerprint density at radius 3 is 2.81 bits per heavy atom. The summed E-state index contributed by atoms with van der Waals surface area (Å²) < 4.78 is 36.5. The number of nitrogens with zero attached hydrogens (tertiary/aromatic N) is 1. The Labute approximate surface area is 124 Å². The van der Waals surface area contributed by atoms with E-state index in [1.807, 2.05) is 6.92 Å². The lowest BCUT2D eigenvalue weighted by Crippen LogP contribution is -2.29. The van der Waals surface area contributed by atoms with Crippen LogP contribution in [0, 0.1) is 0 Å². The maximum absolute atomic E-state index is 12.1. The number of unbranched alkanes of at least 4 members (excludes halogenated alkanes) is 1. The Balaban J connectivity index is 2.59. The monoisotopic (exact) mass is 319 g/mol. The summed E-state index contributed by atoms with van der Waals surface area (Å²) in [5.74, 6) is -0.731. The zero-order valence-electron chi connectivity index (χ0n) is 12.2. The summed E-state index contributed by atoms with van der Waals surface area (Å²) >= 11 is 0. The molecule has 0 aliphatic carbocycles. The van der Waals surface area contributed by atoms with E-state index < -0.39 is 16.0 Å². The van der Waals surface area contributed by atoms with E-state index in [0.29, 0.717) is 6.61 Å². The lowest BCUT2D eigenvalue weighted by Gasteiger charge is -2.07. The fraction of sp³-hybridized carbons (Fsp3) is 0.667. The standard InChI is InChI=1S/C12H21N3O5S/c1-3-5-7-19-8-6-14-21(17,18)11-10(9-13-15-11)12(16)20-4-2/h9,14H,3-8H2,1-2H3,(H,13,15). The fourth-order valence-corrected chi connectivity index (χ4v) is 2.60. The number of aromatic amines is 1. The van der Waals surface area contributed by atoms with Crippen LogP contribution in [0.25, 0.3) is 0 Å². The first kappa shape index (κ1) is 17.6. The van der Waals surface area contributed by atoms with Crippen LogP contribution in [-0.4, -0.2) is 50.9 Å². The average Bonchev–Trinajstić information content (AvgIpc) is 2.93. The van der Waals surface area contributed by atoms with E-state index in [2.05, 4.69) is 14.9 Å². The predicted octanol–water partition coefficient (Wildman–Crippen LogP) is 0.681. The molecule has 9 heteroatoms. The molecule has 1 aromatic rings. The van der Waals surface area contributed by atoms with Gasteiger partial charge in [0.15, 0.2) is 5.03 Å². The SMILES string of the molecule is CCCCOCCNS(=O)(=O)c1[nH]ncc1C(=O)OCC. The van der Waals surface area contributed by atoms with Crippen molar-refractivity contribution < 1.29 is 22.7 Å². The largest absolute Gasteiger partial charge is 0.462 e. The number of nitrogens with one attached hydrogen (secondary N) is 2. The van der Waals surface area contributed by atoms with Crippen molar-refractivity contribution in [2.75, 3.05) is 26.4 Å². The number of H-pyrrole nitrogens is 1. The molecule has 8 nitrogen and oxygen atoms in total. The Morgan fingerprint density at radius 2 is 2.14 bits per heavy atom. The zero-order valence-corrected chi connectivity index (χ0v) is 13.0. The maximum atomic E-state index is 12.1. The molecule has 0 spiro atoms. The quantitative estimate of drug-likeness (QED) is 0.485. The Kier molecular flexibility index (Phi) is 7.34.